The summed E-state index contributed by atoms with van der Waals surface area (Å²) in [5.41, 5.74) is 4.15. The lowest BCUT2D eigenvalue weighted by Crippen LogP contribution is -2.45. The van der Waals surface area contributed by atoms with Gasteiger partial charge in [-0.15, -0.1) is 0 Å². The smallest absolute Gasteiger partial charge is 0.351 e. The highest BCUT2D eigenvalue weighted by Crippen LogP contribution is 2.52. The Morgan fingerprint density at radius 2 is 2.35 bits per heavy atom. The number of fused-ring (bicyclic) bond motifs is 2. The Kier molecular flexibility index (Phi) is 4.10. The van der Waals surface area contributed by atoms with Gasteiger partial charge in [-0.1, -0.05) is 0 Å². The maximum Gasteiger partial charge on any atom is 0.351 e. The quantitative estimate of drug-likeness (QED) is 0.459. The molecule has 3 unspecified atom stereocenters. The highest BCUT2D eigenvalue weighted by molar-refractivity contribution is 8.06. The molecule has 2 aliphatic heterocycles. The molecule has 1 aromatic heterocycles. The molecule has 0 radical (unpaired) electrons. The van der Waals surface area contributed by atoms with Crippen LogP contribution >= 0.6 is 6.72 Å². The molecule has 23 heavy (non-hydrogen) atoms. The van der Waals surface area contributed by atoms with E-state index in [-0.39, 0.29) is 12.4 Å². The van der Waals surface area contributed by atoms with E-state index in [0.29, 0.717) is 5.56 Å². The first-order valence-corrected chi connectivity index (χ1v) is 9.29. The minimum Gasteiger partial charge on any atom is -0.393 e. The molecule has 2 fully saturated rings. The van der Waals surface area contributed by atoms with E-state index in [2.05, 4.69) is 16.8 Å². The van der Waals surface area contributed by atoms with Gasteiger partial charge in [0.15, 0.2) is 6.23 Å². The van der Waals surface area contributed by atoms with E-state index in [0.717, 1.165) is 0 Å². The highest BCUT2D eigenvalue weighted by atomic mass is 32.5. The number of aryl methyl sites for hydroxylation is 1. The molecule has 2 saturated heterocycles. The lowest BCUT2D eigenvalue weighted by atomic mass is 10.0. The topological polar surface area (TPSA) is 149 Å². The van der Waals surface area contributed by atoms with E-state index < -0.39 is 43.1 Å². The summed E-state index contributed by atoms with van der Waals surface area (Å²) in [6.45, 7) is -2.87. The maximum atomic E-state index is 12.1. The number of nitrogens with zero attached hydrogens (tertiary/aromatic N) is 2. The lowest BCUT2D eigenvalue weighted by Gasteiger charge is -2.30. The third-order valence-corrected chi connectivity index (χ3v) is 4.70. The average Bonchev–Trinajstić information content (AvgIpc) is 2.93. The van der Waals surface area contributed by atoms with Gasteiger partial charge in [-0.3, -0.25) is 9.09 Å². The highest BCUT2D eigenvalue weighted by Gasteiger charge is 2.64. The monoisotopic (exact) mass is 365 g/mol. The van der Waals surface area contributed by atoms with Gasteiger partial charge in [0.25, 0.3) is 0 Å². The number of nitrogens with two attached hydrogens (primary N) is 1. The number of aromatic nitrogens is 2. The zero-order valence-electron chi connectivity index (χ0n) is 12.0. The molecule has 2 bridgehead atoms. The first-order chi connectivity index (χ1) is 10.7. The van der Waals surface area contributed by atoms with Gasteiger partial charge in [-0.05, 0) is 18.7 Å². The van der Waals surface area contributed by atoms with E-state index >= 15 is 0 Å². The van der Waals surface area contributed by atoms with Gasteiger partial charge in [-0.2, -0.15) is 4.98 Å². The first kappa shape index (κ1) is 16.9. The van der Waals surface area contributed by atoms with Crippen LogP contribution in [-0.4, -0.2) is 55.5 Å². The van der Waals surface area contributed by atoms with Gasteiger partial charge in [0.05, 0.1) is 13.2 Å². The molecule has 0 aromatic carbocycles. The molecular weight excluding hydrogens is 349 g/mol. The molecule has 3 heterocycles. The van der Waals surface area contributed by atoms with E-state index in [1.165, 1.54) is 10.8 Å². The molecule has 4 atom stereocenters. The standard InChI is InChI=1S/C11H16N3O7PS/c1-5-2-14(10(16)13-8(5)12)9-6-7(21-22(17,18)23)11(3-15,20-9)4-19-6/h2,6-7,9,15H,3-4H2,1H3,(H2,12,13,16)(H2,17,18,23)/t6?,7?,9?,11-/m1/s1. The zero-order chi connectivity index (χ0) is 17.0. The van der Waals surface area contributed by atoms with Crippen LogP contribution < -0.4 is 11.4 Å². The summed E-state index contributed by atoms with van der Waals surface area (Å²) in [6.07, 6.45) is -1.38. The van der Waals surface area contributed by atoms with Crippen molar-refractivity contribution in [3.63, 3.8) is 0 Å². The Morgan fingerprint density at radius 1 is 1.65 bits per heavy atom. The predicted molar refractivity (Wildman–Crippen MR) is 80.9 cm³/mol. The molecule has 0 aliphatic carbocycles. The van der Waals surface area contributed by atoms with Gasteiger partial charge in [0.2, 0.25) is 0 Å². The Morgan fingerprint density at radius 3 is 2.96 bits per heavy atom. The van der Waals surface area contributed by atoms with E-state index in [1.54, 1.807) is 6.92 Å². The summed E-state index contributed by atoms with van der Waals surface area (Å²) in [7, 11) is 0. The van der Waals surface area contributed by atoms with Crippen LogP contribution in [0.5, 0.6) is 0 Å². The summed E-state index contributed by atoms with van der Waals surface area (Å²) in [6, 6.07) is 0. The van der Waals surface area contributed by atoms with E-state index in [4.69, 9.17) is 19.7 Å². The molecule has 2 aliphatic rings. The molecule has 0 amide bonds. The molecule has 12 heteroatoms. The summed E-state index contributed by atoms with van der Waals surface area (Å²) >= 11 is 4.48. The van der Waals surface area contributed by atoms with Gasteiger partial charge < -0.3 is 30.1 Å². The van der Waals surface area contributed by atoms with Crippen molar-refractivity contribution in [3.8, 4) is 0 Å². The molecule has 0 spiro atoms. The maximum absolute atomic E-state index is 12.1. The molecule has 10 nitrogen and oxygen atoms in total. The zero-order valence-corrected chi connectivity index (χ0v) is 13.7. The number of hydrogen-bond acceptors (Lipinski definition) is 8. The molecular formula is C11H16N3O7PS. The molecule has 128 valence electrons. The number of aliphatic hydroxyl groups excluding tert-OH is 1. The molecule has 0 saturated carbocycles. The molecule has 3 rings (SSSR count). The minimum absolute atomic E-state index is 0.0270. The van der Waals surface area contributed by atoms with Crippen molar-refractivity contribution in [3.05, 3.63) is 22.2 Å². The Bertz CT molecular complexity index is 737. The van der Waals surface area contributed by atoms with Gasteiger partial charge in [0.1, 0.15) is 23.6 Å². The van der Waals surface area contributed by atoms with Crippen molar-refractivity contribution in [1.82, 2.24) is 9.55 Å². The lowest BCUT2D eigenvalue weighted by molar-refractivity contribution is -0.187. The Labute approximate surface area is 135 Å². The average molecular weight is 365 g/mol. The number of hydrogen-bond donors (Lipinski definition) is 4. The van der Waals surface area contributed by atoms with Crippen molar-refractivity contribution < 1.29 is 28.9 Å². The summed E-state index contributed by atoms with van der Waals surface area (Å²) < 4.78 is 17.5. The van der Waals surface area contributed by atoms with Crippen LogP contribution in [0.2, 0.25) is 0 Å². The van der Waals surface area contributed by atoms with Crippen LogP contribution in [0.25, 0.3) is 0 Å². The third kappa shape index (κ3) is 2.83. The summed E-state index contributed by atoms with van der Waals surface area (Å²) in [5.74, 6) is 0.0983. The SMILES string of the molecule is Cc1cn(C2O[C@]3(CO)COC2C3OP(O)(O)=S)c(=O)nc1N. The fourth-order valence-corrected chi connectivity index (χ4v) is 3.69. The normalized spacial score (nSPS) is 33.3. The van der Waals surface area contributed by atoms with Crippen LogP contribution in [0.3, 0.4) is 0 Å². The van der Waals surface area contributed by atoms with Crippen LogP contribution in [-0.2, 0) is 25.8 Å². The van der Waals surface area contributed by atoms with Crippen LogP contribution in [0.4, 0.5) is 5.82 Å². The van der Waals surface area contributed by atoms with Crippen molar-refractivity contribution in [2.75, 3.05) is 18.9 Å². The first-order valence-electron chi connectivity index (χ1n) is 6.66. The van der Waals surface area contributed by atoms with Crippen LogP contribution in [0.15, 0.2) is 11.0 Å². The second kappa shape index (κ2) is 5.57. The Balaban J connectivity index is 2.00. The van der Waals surface area contributed by atoms with Crippen molar-refractivity contribution >= 4 is 24.3 Å². The second-order valence-corrected chi connectivity index (χ2v) is 8.14. The van der Waals surface area contributed by atoms with Crippen molar-refractivity contribution in [1.29, 1.82) is 0 Å². The number of anilines is 1. The minimum atomic E-state index is -4.01. The van der Waals surface area contributed by atoms with Crippen LogP contribution in [0.1, 0.15) is 11.8 Å². The van der Waals surface area contributed by atoms with Crippen LogP contribution in [0, 0.1) is 6.92 Å². The Hall–Kier alpha value is -0.910. The van der Waals surface area contributed by atoms with Crippen molar-refractivity contribution in [2.45, 2.75) is 31.0 Å². The molecule has 5 N–H and O–H groups in total. The summed E-state index contributed by atoms with van der Waals surface area (Å²) in [5, 5.41) is 9.65. The van der Waals surface area contributed by atoms with Gasteiger partial charge in [-0.25, -0.2) is 4.79 Å². The largest absolute Gasteiger partial charge is 0.393 e. The van der Waals surface area contributed by atoms with Gasteiger partial charge >= 0.3 is 12.4 Å². The number of ether oxygens (including phenoxy) is 2. The number of aliphatic hydroxyl groups is 1. The third-order valence-electron chi connectivity index (χ3n) is 3.94. The predicted octanol–water partition coefficient (Wildman–Crippen LogP) is -1.61. The molecule has 1 aromatic rings. The van der Waals surface area contributed by atoms with Gasteiger partial charge in [0, 0.05) is 11.8 Å². The fourth-order valence-electron chi connectivity index (χ4n) is 2.80. The number of rotatable bonds is 4. The van der Waals surface area contributed by atoms with Crippen molar-refractivity contribution in [2.24, 2.45) is 0 Å². The number of nitrogen functional groups attached to an aromatic ring is 1. The summed E-state index contributed by atoms with van der Waals surface area (Å²) in [4.78, 5) is 34.6. The second-order valence-electron chi connectivity index (χ2n) is 5.52. The van der Waals surface area contributed by atoms with E-state index in [9.17, 15) is 19.7 Å². The van der Waals surface area contributed by atoms with E-state index in [1.807, 2.05) is 0 Å². The fraction of sp³-hybridized carbons (Fsp3) is 0.636.